The molecule has 3 aromatic heterocycles. The summed E-state index contributed by atoms with van der Waals surface area (Å²) in [5, 5.41) is 9.57. The summed E-state index contributed by atoms with van der Waals surface area (Å²) in [6.45, 7) is 5.08. The fraction of sp³-hybridized carbons (Fsp3) is 0.565. The van der Waals surface area contributed by atoms with Gasteiger partial charge in [-0.3, -0.25) is 4.57 Å². The zero-order valence-electron chi connectivity index (χ0n) is 18.8. The van der Waals surface area contributed by atoms with E-state index in [1.807, 2.05) is 26.6 Å². The van der Waals surface area contributed by atoms with Gasteiger partial charge in [0.1, 0.15) is 5.65 Å². The molecule has 0 spiro atoms. The first kappa shape index (κ1) is 21.5. The van der Waals surface area contributed by atoms with Crippen LogP contribution in [0.3, 0.4) is 0 Å². The minimum absolute atomic E-state index is 0.0312. The van der Waals surface area contributed by atoms with Crippen molar-refractivity contribution < 1.29 is 9.53 Å². The van der Waals surface area contributed by atoms with E-state index in [4.69, 9.17) is 10.00 Å². The minimum atomic E-state index is -0.165. The Morgan fingerprint density at radius 2 is 2.06 bits per heavy atom. The molecule has 0 aliphatic carbocycles. The maximum atomic E-state index is 13.3. The van der Waals surface area contributed by atoms with Gasteiger partial charge in [0, 0.05) is 37.8 Å². The number of nitrogens with one attached hydrogen (secondary N) is 2. The van der Waals surface area contributed by atoms with Gasteiger partial charge in [0.2, 0.25) is 0 Å². The highest BCUT2D eigenvalue weighted by Gasteiger charge is 2.35. The van der Waals surface area contributed by atoms with E-state index in [0.717, 1.165) is 35.8 Å². The highest BCUT2D eigenvalue weighted by molar-refractivity contribution is 6.01. The van der Waals surface area contributed by atoms with Gasteiger partial charge in [-0.1, -0.05) is 6.92 Å². The number of nitrogens with zero attached hydrogens (tertiary/aromatic N) is 5. The van der Waals surface area contributed by atoms with Crippen molar-refractivity contribution in [3.05, 3.63) is 28.9 Å². The molecule has 2 N–H and O–H groups in total. The summed E-state index contributed by atoms with van der Waals surface area (Å²) in [5.74, 6) is 0.257. The number of aromatic nitrogens is 4. The summed E-state index contributed by atoms with van der Waals surface area (Å²) in [4.78, 5) is 40.5. The molecule has 2 aliphatic heterocycles. The number of carbonyl (C=O) groups is 1. The summed E-state index contributed by atoms with van der Waals surface area (Å²) in [6, 6.07) is 3.95. The van der Waals surface area contributed by atoms with Crippen LogP contribution in [-0.2, 0) is 4.74 Å². The lowest BCUT2D eigenvalue weighted by atomic mass is 9.93. The highest BCUT2D eigenvalue weighted by Crippen LogP contribution is 2.32. The molecule has 33 heavy (non-hydrogen) atoms. The van der Waals surface area contributed by atoms with E-state index in [9.17, 15) is 9.59 Å². The third-order valence-corrected chi connectivity index (χ3v) is 7.06. The minimum Gasteiger partial charge on any atom is -0.377 e. The van der Waals surface area contributed by atoms with Gasteiger partial charge in [0.25, 0.3) is 0 Å². The second kappa shape index (κ2) is 8.90. The molecule has 0 saturated carbocycles. The van der Waals surface area contributed by atoms with Gasteiger partial charge in [-0.05, 0) is 31.2 Å². The number of H-pyrrole nitrogens is 2. The molecule has 2 amide bonds. The molecule has 5 heterocycles. The van der Waals surface area contributed by atoms with Gasteiger partial charge in [0.15, 0.2) is 0 Å². The number of imidazole rings is 1. The van der Waals surface area contributed by atoms with Crippen LogP contribution in [0.4, 0.5) is 4.79 Å². The fourth-order valence-corrected chi connectivity index (χ4v) is 5.18. The van der Waals surface area contributed by atoms with Crippen molar-refractivity contribution in [2.45, 2.75) is 44.8 Å². The lowest BCUT2D eigenvalue weighted by Crippen LogP contribution is -2.52. The molecule has 2 saturated heterocycles. The van der Waals surface area contributed by atoms with E-state index in [1.54, 1.807) is 6.20 Å². The number of aromatic amines is 2. The Kier molecular flexibility index (Phi) is 5.81. The van der Waals surface area contributed by atoms with Crippen LogP contribution >= 0.6 is 0 Å². The average molecular weight is 452 g/mol. The van der Waals surface area contributed by atoms with Gasteiger partial charge in [-0.15, -0.1) is 0 Å². The number of hydrogen-bond donors (Lipinski definition) is 2. The van der Waals surface area contributed by atoms with Crippen molar-refractivity contribution in [1.82, 2.24) is 29.3 Å². The Balaban J connectivity index is 1.33. The normalized spacial score (nSPS) is 22.2. The molecule has 0 radical (unpaired) electrons. The molecular formula is C23H29N7O3. The second-order valence-electron chi connectivity index (χ2n) is 9.09. The van der Waals surface area contributed by atoms with E-state index in [1.165, 1.54) is 0 Å². The maximum Gasteiger partial charge on any atom is 0.326 e. The zero-order chi connectivity index (χ0) is 22.9. The van der Waals surface area contributed by atoms with Crippen LogP contribution in [0.5, 0.6) is 0 Å². The van der Waals surface area contributed by atoms with E-state index >= 15 is 0 Å². The van der Waals surface area contributed by atoms with Crippen LogP contribution in [0.2, 0.25) is 0 Å². The number of likely N-dealkylation sites (tertiary alicyclic amines) is 2. The number of ether oxygens (including phenoxy) is 1. The van der Waals surface area contributed by atoms with Crippen molar-refractivity contribution in [2.24, 2.45) is 5.92 Å². The monoisotopic (exact) mass is 451 g/mol. The lowest BCUT2D eigenvalue weighted by molar-refractivity contribution is 0.0124. The van der Waals surface area contributed by atoms with Crippen molar-refractivity contribution in [3.8, 4) is 6.07 Å². The molecule has 2 aliphatic rings. The SMILES string of the molecule is CC1CCN(C(=O)N2CCC(OCCC#N)CC2)CC1n1c(=O)[nH]c2cnc3[nH]ccc3c21. The van der Waals surface area contributed by atoms with E-state index < -0.39 is 0 Å². The third kappa shape index (κ3) is 3.97. The van der Waals surface area contributed by atoms with Crippen LogP contribution in [0.15, 0.2) is 23.3 Å². The molecule has 10 heteroatoms. The smallest absolute Gasteiger partial charge is 0.326 e. The predicted octanol–water partition coefficient (Wildman–Crippen LogP) is 2.60. The number of hydrogen-bond acceptors (Lipinski definition) is 5. The van der Waals surface area contributed by atoms with Gasteiger partial charge in [-0.2, -0.15) is 5.26 Å². The topological polar surface area (TPSA) is 123 Å². The Labute approximate surface area is 191 Å². The molecule has 10 nitrogen and oxygen atoms in total. The molecule has 2 atom stereocenters. The summed E-state index contributed by atoms with van der Waals surface area (Å²) in [6.07, 6.45) is 6.42. The van der Waals surface area contributed by atoms with Crippen LogP contribution in [0.1, 0.15) is 38.6 Å². The Bertz CT molecular complexity index is 1240. The standard InChI is InChI=1S/C23H29N7O3/c1-15-4-9-29(23(32)28-10-5-16(6-11-28)33-12-2-7-24)14-19(15)30-20-17-3-8-25-21(17)26-13-18(20)27-22(30)31/h3,8,13,15-16,19H,2,4-6,9-12,14H2,1H3,(H,25,26)(H,27,31). The van der Waals surface area contributed by atoms with Crippen LogP contribution < -0.4 is 5.69 Å². The predicted molar refractivity (Wildman–Crippen MR) is 123 cm³/mol. The van der Waals surface area contributed by atoms with Gasteiger partial charge in [0.05, 0.1) is 48.5 Å². The Morgan fingerprint density at radius 3 is 2.85 bits per heavy atom. The first-order valence-corrected chi connectivity index (χ1v) is 11.7. The van der Waals surface area contributed by atoms with Gasteiger partial charge in [-0.25, -0.2) is 14.6 Å². The van der Waals surface area contributed by atoms with Crippen molar-refractivity contribution in [1.29, 1.82) is 5.26 Å². The highest BCUT2D eigenvalue weighted by atomic mass is 16.5. The molecule has 174 valence electrons. The first-order valence-electron chi connectivity index (χ1n) is 11.7. The molecule has 2 fully saturated rings. The Hall–Kier alpha value is -3.32. The van der Waals surface area contributed by atoms with E-state index in [-0.39, 0.29) is 29.8 Å². The molecule has 5 rings (SSSR count). The quantitative estimate of drug-likeness (QED) is 0.590. The summed E-state index contributed by atoms with van der Waals surface area (Å²) < 4.78 is 7.56. The second-order valence-corrected chi connectivity index (χ2v) is 9.09. The number of nitriles is 1. The molecule has 3 aromatic rings. The lowest BCUT2D eigenvalue weighted by Gasteiger charge is -2.41. The molecule has 0 bridgehead atoms. The molecule has 2 unspecified atom stereocenters. The summed E-state index contributed by atoms with van der Waals surface area (Å²) in [5.41, 5.74) is 2.13. The Morgan fingerprint density at radius 1 is 1.27 bits per heavy atom. The molecule has 0 aromatic carbocycles. The van der Waals surface area contributed by atoms with Crippen molar-refractivity contribution in [2.75, 3.05) is 32.8 Å². The number of pyridine rings is 1. The van der Waals surface area contributed by atoms with Crippen molar-refractivity contribution in [3.63, 3.8) is 0 Å². The zero-order valence-corrected chi connectivity index (χ0v) is 18.8. The number of rotatable bonds is 4. The number of piperidine rings is 2. The van der Waals surface area contributed by atoms with E-state index in [0.29, 0.717) is 44.7 Å². The number of fused-ring (bicyclic) bond motifs is 3. The maximum absolute atomic E-state index is 13.3. The van der Waals surface area contributed by atoms with Crippen LogP contribution in [0, 0.1) is 17.2 Å². The van der Waals surface area contributed by atoms with Gasteiger partial charge < -0.3 is 24.5 Å². The number of urea groups is 1. The first-order chi connectivity index (χ1) is 16.1. The van der Waals surface area contributed by atoms with Crippen molar-refractivity contribution >= 4 is 28.1 Å². The summed E-state index contributed by atoms with van der Waals surface area (Å²) in [7, 11) is 0. The number of amides is 2. The molecular weight excluding hydrogens is 422 g/mol. The average Bonchev–Trinajstić information content (AvgIpc) is 3.43. The summed E-state index contributed by atoms with van der Waals surface area (Å²) >= 11 is 0. The fourth-order valence-electron chi connectivity index (χ4n) is 5.18. The van der Waals surface area contributed by atoms with Gasteiger partial charge >= 0.3 is 11.7 Å². The van der Waals surface area contributed by atoms with Crippen LogP contribution in [0.25, 0.3) is 22.1 Å². The largest absolute Gasteiger partial charge is 0.377 e. The van der Waals surface area contributed by atoms with E-state index in [2.05, 4.69) is 27.9 Å². The van der Waals surface area contributed by atoms with Crippen LogP contribution in [-0.4, -0.2) is 74.2 Å². The number of carbonyl (C=O) groups excluding carboxylic acids is 1. The third-order valence-electron chi connectivity index (χ3n) is 7.06.